The van der Waals surface area contributed by atoms with Crippen LogP contribution < -0.4 is 0 Å². The van der Waals surface area contributed by atoms with Crippen LogP contribution in [0.3, 0.4) is 0 Å². The van der Waals surface area contributed by atoms with E-state index in [4.69, 9.17) is 0 Å². The van der Waals surface area contributed by atoms with Crippen LogP contribution in [0.25, 0.3) is 0 Å². The van der Waals surface area contributed by atoms with Gasteiger partial charge in [0.25, 0.3) is 0 Å². The van der Waals surface area contributed by atoms with E-state index in [1.54, 1.807) is 0 Å². The zero-order valence-electron chi connectivity index (χ0n) is 22.4. The Hall–Kier alpha value is -0.710. The Morgan fingerprint density at radius 2 is 1.62 bits per heavy atom. The van der Waals surface area contributed by atoms with Gasteiger partial charge in [-0.25, -0.2) is 0 Å². The molecule has 10 atom stereocenters. The highest BCUT2D eigenvalue weighted by molar-refractivity contribution is 5.59. The van der Waals surface area contributed by atoms with Crippen LogP contribution in [0.5, 0.6) is 0 Å². The van der Waals surface area contributed by atoms with Gasteiger partial charge in [0, 0.05) is 10.8 Å². The number of allylic oxidation sites excluding steroid dienone is 2. The normalized spacial score (nSPS) is 56.3. The van der Waals surface area contributed by atoms with Gasteiger partial charge in [-0.2, -0.15) is 0 Å². The minimum Gasteiger partial charge on any atom is -0.396 e. The summed E-state index contributed by atoms with van der Waals surface area (Å²) < 4.78 is 0. The first kappa shape index (κ1) is 25.0. The maximum atomic E-state index is 12.1. The van der Waals surface area contributed by atoms with E-state index >= 15 is 0 Å². The SMILES string of the molecule is CC1(C)[C@@H](O)CC[C@]2(C)[C@H]3CC=C4[C@@H]5C[C@@](C)(C=O)CC[C@]5(CO)[C@H](O)C[C@@]4(C)[C@]3(C)CC[C@@H]12. The maximum Gasteiger partial charge on any atom is 0.125 e. The second-order valence-corrected chi connectivity index (χ2v) is 14.8. The Kier molecular flexibility index (Phi) is 5.44. The lowest BCUT2D eigenvalue weighted by Gasteiger charge is -2.72. The zero-order chi connectivity index (χ0) is 24.9. The van der Waals surface area contributed by atoms with Gasteiger partial charge in [-0.05, 0) is 97.2 Å². The maximum absolute atomic E-state index is 12.1. The second kappa shape index (κ2) is 7.42. The summed E-state index contributed by atoms with van der Waals surface area (Å²) in [6, 6.07) is 0. The largest absolute Gasteiger partial charge is 0.396 e. The van der Waals surface area contributed by atoms with E-state index < -0.39 is 11.5 Å². The number of aliphatic hydroxyl groups excluding tert-OH is 3. The summed E-state index contributed by atoms with van der Waals surface area (Å²) in [5, 5.41) is 33.2. The van der Waals surface area contributed by atoms with Crippen LogP contribution >= 0.6 is 0 Å². The van der Waals surface area contributed by atoms with Crippen molar-refractivity contribution in [3.63, 3.8) is 0 Å². The molecular weight excluding hydrogens is 424 g/mol. The Bertz CT molecular complexity index is 894. The molecule has 0 heterocycles. The molecule has 4 heteroatoms. The monoisotopic (exact) mass is 472 g/mol. The predicted molar refractivity (Wildman–Crippen MR) is 134 cm³/mol. The van der Waals surface area contributed by atoms with Crippen molar-refractivity contribution >= 4 is 6.29 Å². The van der Waals surface area contributed by atoms with E-state index in [0.29, 0.717) is 24.7 Å². The molecule has 5 rings (SSSR count). The van der Waals surface area contributed by atoms with E-state index in [-0.39, 0.29) is 45.7 Å². The standard InChI is InChI=1S/C30H48O4/c1-25(2)21-9-12-28(5)22(27(21,4)11-10-23(25)33)8-7-19-20-15-26(3,17-31)13-14-30(20,18-32)24(34)16-29(19,28)6/h7,17,20-24,32-34H,8-16,18H2,1-6H3/t20-,21-,22+,23-,24+,26-,27-,28+,29+,30+/m0/s1. The molecule has 0 aromatic heterocycles. The van der Waals surface area contributed by atoms with Gasteiger partial charge in [0.1, 0.15) is 6.29 Å². The lowest BCUT2D eigenvalue weighted by atomic mass is 9.33. The summed E-state index contributed by atoms with van der Waals surface area (Å²) in [5.74, 6) is 1.07. The number of aldehydes is 1. The predicted octanol–water partition coefficient (Wildman–Crippen LogP) is 5.29. The Morgan fingerprint density at radius 1 is 0.912 bits per heavy atom. The quantitative estimate of drug-likeness (QED) is 0.377. The average molecular weight is 473 g/mol. The van der Waals surface area contributed by atoms with Crippen molar-refractivity contribution < 1.29 is 20.1 Å². The number of carbonyl (C=O) groups excluding carboxylic acids is 1. The first-order valence-corrected chi connectivity index (χ1v) is 13.9. The van der Waals surface area contributed by atoms with E-state index in [1.165, 1.54) is 5.57 Å². The van der Waals surface area contributed by atoms with E-state index in [2.05, 4.69) is 47.6 Å². The average Bonchev–Trinajstić information content (AvgIpc) is 2.77. The molecule has 0 aliphatic heterocycles. The van der Waals surface area contributed by atoms with Crippen molar-refractivity contribution in [3.05, 3.63) is 11.6 Å². The summed E-state index contributed by atoms with van der Waals surface area (Å²) in [4.78, 5) is 12.1. The fourth-order valence-corrected chi connectivity index (χ4v) is 10.7. The fraction of sp³-hybridized carbons (Fsp3) is 0.900. The van der Waals surface area contributed by atoms with E-state index in [0.717, 1.165) is 51.2 Å². The molecule has 0 saturated heterocycles. The van der Waals surface area contributed by atoms with E-state index in [9.17, 15) is 20.1 Å². The first-order chi connectivity index (χ1) is 15.7. The van der Waals surface area contributed by atoms with Crippen LogP contribution in [0.2, 0.25) is 0 Å². The minimum absolute atomic E-state index is 0.00675. The molecule has 0 unspecified atom stereocenters. The molecule has 0 aromatic rings. The van der Waals surface area contributed by atoms with Crippen LogP contribution in [0, 0.1) is 50.2 Å². The summed E-state index contributed by atoms with van der Waals surface area (Å²) in [6.07, 6.45) is 10.9. The Labute approximate surface area is 206 Å². The van der Waals surface area contributed by atoms with Crippen molar-refractivity contribution in [2.24, 2.45) is 50.2 Å². The highest BCUT2D eigenvalue weighted by Crippen LogP contribution is 2.75. The topological polar surface area (TPSA) is 77.8 Å². The van der Waals surface area contributed by atoms with Gasteiger partial charge < -0.3 is 20.1 Å². The van der Waals surface area contributed by atoms with Gasteiger partial charge in [-0.15, -0.1) is 0 Å². The third-order valence-corrected chi connectivity index (χ3v) is 13.2. The molecule has 0 radical (unpaired) electrons. The first-order valence-electron chi connectivity index (χ1n) is 13.9. The molecular formula is C30H48O4. The van der Waals surface area contributed by atoms with E-state index in [1.807, 2.05) is 0 Å². The number of aliphatic hydroxyl groups is 3. The number of hydrogen-bond donors (Lipinski definition) is 3. The smallest absolute Gasteiger partial charge is 0.125 e. The second-order valence-electron chi connectivity index (χ2n) is 14.8. The lowest BCUT2D eigenvalue weighted by Crippen LogP contribution is -2.67. The van der Waals surface area contributed by atoms with Crippen LogP contribution in [0.4, 0.5) is 0 Å². The molecule has 0 aromatic carbocycles. The number of carbonyl (C=O) groups is 1. The molecule has 0 bridgehead atoms. The minimum atomic E-state index is -0.549. The molecule has 5 aliphatic rings. The van der Waals surface area contributed by atoms with Crippen molar-refractivity contribution in [2.75, 3.05) is 6.61 Å². The van der Waals surface area contributed by atoms with Gasteiger partial charge in [0.05, 0.1) is 18.8 Å². The molecule has 4 fully saturated rings. The van der Waals surface area contributed by atoms with Crippen LogP contribution in [0.1, 0.15) is 99.3 Å². The Balaban J connectivity index is 1.61. The molecule has 5 aliphatic carbocycles. The number of fused-ring (bicyclic) bond motifs is 7. The van der Waals surface area contributed by atoms with Crippen LogP contribution in [0.15, 0.2) is 11.6 Å². The highest BCUT2D eigenvalue weighted by Gasteiger charge is 2.69. The third-order valence-electron chi connectivity index (χ3n) is 13.2. The summed E-state index contributed by atoms with van der Waals surface area (Å²) in [5.41, 5.74) is 0.526. The van der Waals surface area contributed by atoms with Crippen molar-refractivity contribution in [1.82, 2.24) is 0 Å². The van der Waals surface area contributed by atoms with Gasteiger partial charge >= 0.3 is 0 Å². The number of hydrogen-bond acceptors (Lipinski definition) is 4. The molecule has 4 nitrogen and oxygen atoms in total. The van der Waals surface area contributed by atoms with Gasteiger partial charge in [0.2, 0.25) is 0 Å². The van der Waals surface area contributed by atoms with Crippen molar-refractivity contribution in [2.45, 2.75) is 112 Å². The molecule has 3 N–H and O–H groups in total. The summed E-state index contributed by atoms with van der Waals surface area (Å²) >= 11 is 0. The lowest BCUT2D eigenvalue weighted by molar-refractivity contribution is -0.218. The van der Waals surface area contributed by atoms with Gasteiger partial charge in [-0.1, -0.05) is 53.2 Å². The third kappa shape index (κ3) is 2.85. The Morgan fingerprint density at radius 3 is 2.26 bits per heavy atom. The van der Waals surface area contributed by atoms with Gasteiger partial charge in [-0.3, -0.25) is 0 Å². The van der Waals surface area contributed by atoms with Crippen LogP contribution in [-0.4, -0.2) is 40.4 Å². The molecule has 192 valence electrons. The number of rotatable bonds is 2. The molecule has 34 heavy (non-hydrogen) atoms. The van der Waals surface area contributed by atoms with Crippen molar-refractivity contribution in [3.8, 4) is 0 Å². The fourth-order valence-electron chi connectivity index (χ4n) is 10.7. The van der Waals surface area contributed by atoms with Crippen LogP contribution in [-0.2, 0) is 4.79 Å². The molecule has 0 spiro atoms. The summed E-state index contributed by atoms with van der Waals surface area (Å²) in [6.45, 7) is 14.0. The van der Waals surface area contributed by atoms with Gasteiger partial charge in [0.15, 0.2) is 0 Å². The molecule has 0 amide bonds. The highest BCUT2D eigenvalue weighted by atomic mass is 16.3. The van der Waals surface area contributed by atoms with Crippen molar-refractivity contribution in [1.29, 1.82) is 0 Å². The summed E-state index contributed by atoms with van der Waals surface area (Å²) in [7, 11) is 0. The zero-order valence-corrected chi connectivity index (χ0v) is 22.4. The molecule has 4 saturated carbocycles.